The molecule has 0 bridgehead atoms. The Balaban J connectivity index is 1.71. The first kappa shape index (κ1) is 18.4. The minimum absolute atomic E-state index is 0.0156. The highest BCUT2D eigenvalue weighted by molar-refractivity contribution is 7.90. The van der Waals surface area contributed by atoms with Gasteiger partial charge in [-0.15, -0.1) is 11.3 Å². The number of methoxy groups -OCH3 is 1. The number of rotatable bonds is 6. The van der Waals surface area contributed by atoms with Gasteiger partial charge in [0.05, 0.1) is 18.4 Å². The summed E-state index contributed by atoms with van der Waals surface area (Å²) >= 11 is 1.52. The summed E-state index contributed by atoms with van der Waals surface area (Å²) in [7, 11) is -2.43. The Morgan fingerprint density at radius 2 is 2.04 bits per heavy atom. The number of carbonyl (C=O) groups is 1. The van der Waals surface area contributed by atoms with E-state index in [-0.39, 0.29) is 17.0 Å². The minimum atomic E-state index is -3.78. The number of carboxylic acid groups (broad SMARTS) is 1. The quantitative estimate of drug-likeness (QED) is 0.755. The van der Waals surface area contributed by atoms with Gasteiger partial charge in [0.2, 0.25) is 0 Å². The Morgan fingerprint density at radius 3 is 2.62 bits per heavy atom. The van der Waals surface area contributed by atoms with Crippen LogP contribution in [0.3, 0.4) is 0 Å². The predicted molar refractivity (Wildman–Crippen MR) is 98.4 cm³/mol. The molecule has 0 radical (unpaired) electrons. The van der Waals surface area contributed by atoms with E-state index < -0.39 is 16.2 Å². The molecule has 1 aromatic carbocycles. The molecule has 1 fully saturated rings. The van der Waals surface area contributed by atoms with Gasteiger partial charge >= 0.3 is 16.2 Å². The largest absolute Gasteiger partial charge is 0.495 e. The van der Waals surface area contributed by atoms with Gasteiger partial charge in [0.25, 0.3) is 0 Å². The zero-order chi connectivity index (χ0) is 18.7. The van der Waals surface area contributed by atoms with Gasteiger partial charge in [-0.1, -0.05) is 0 Å². The molecule has 1 aliphatic rings. The monoisotopic (exact) mass is 398 g/mol. The number of nitrogens with zero attached hydrogens (tertiary/aromatic N) is 3. The fourth-order valence-electron chi connectivity index (χ4n) is 2.60. The molecular formula is C15H18N4O5S2. The molecule has 26 heavy (non-hydrogen) atoms. The number of hydrogen-bond donors (Lipinski definition) is 2. The van der Waals surface area contributed by atoms with Gasteiger partial charge in [0.15, 0.2) is 5.13 Å². The van der Waals surface area contributed by atoms with E-state index >= 15 is 0 Å². The summed E-state index contributed by atoms with van der Waals surface area (Å²) in [6.45, 7) is 1.74. The first-order chi connectivity index (χ1) is 12.4. The molecule has 0 aliphatic carbocycles. The zero-order valence-corrected chi connectivity index (χ0v) is 15.6. The van der Waals surface area contributed by atoms with Crippen molar-refractivity contribution in [1.82, 2.24) is 9.29 Å². The van der Waals surface area contributed by atoms with Crippen LogP contribution in [0.25, 0.3) is 0 Å². The Bertz CT molecular complexity index is 877. The molecule has 140 valence electrons. The highest BCUT2D eigenvalue weighted by atomic mass is 32.2. The Labute approximate surface area is 155 Å². The van der Waals surface area contributed by atoms with Crippen molar-refractivity contribution in [3.8, 4) is 5.75 Å². The number of ether oxygens (including phenoxy) is 1. The number of hydrogen-bond acceptors (Lipinski definition) is 7. The van der Waals surface area contributed by atoms with Crippen molar-refractivity contribution in [2.45, 2.75) is 0 Å². The molecule has 1 saturated heterocycles. The molecule has 1 aliphatic heterocycles. The van der Waals surface area contributed by atoms with Crippen LogP contribution in [0.2, 0.25) is 0 Å². The molecule has 0 saturated carbocycles. The number of carboxylic acids is 1. The topological polar surface area (TPSA) is 112 Å². The molecule has 3 rings (SSSR count). The number of aromatic carboxylic acids is 1. The molecule has 2 heterocycles. The normalized spacial score (nSPS) is 15.7. The lowest BCUT2D eigenvalue weighted by atomic mass is 10.2. The second-order valence-electron chi connectivity index (χ2n) is 5.53. The predicted octanol–water partition coefficient (Wildman–Crippen LogP) is 1.33. The van der Waals surface area contributed by atoms with Crippen LogP contribution in [-0.2, 0) is 10.2 Å². The lowest BCUT2D eigenvalue weighted by Crippen LogP contribution is -2.50. The Hall–Kier alpha value is -2.37. The van der Waals surface area contributed by atoms with Crippen LogP contribution >= 0.6 is 11.3 Å². The van der Waals surface area contributed by atoms with Crippen LogP contribution in [0, 0.1) is 0 Å². The fraction of sp³-hybridized carbons (Fsp3) is 0.333. The van der Waals surface area contributed by atoms with Crippen LogP contribution in [0.5, 0.6) is 5.75 Å². The summed E-state index contributed by atoms with van der Waals surface area (Å²) in [6.07, 6.45) is 1.72. The maximum absolute atomic E-state index is 12.6. The van der Waals surface area contributed by atoms with E-state index in [2.05, 4.69) is 9.71 Å². The van der Waals surface area contributed by atoms with Crippen molar-refractivity contribution in [2.24, 2.45) is 0 Å². The van der Waals surface area contributed by atoms with Crippen molar-refractivity contribution in [1.29, 1.82) is 0 Å². The van der Waals surface area contributed by atoms with Crippen molar-refractivity contribution in [3.63, 3.8) is 0 Å². The maximum Gasteiger partial charge on any atom is 0.335 e. The molecular weight excluding hydrogens is 380 g/mol. The lowest BCUT2D eigenvalue weighted by molar-refractivity contribution is 0.0696. The van der Waals surface area contributed by atoms with Gasteiger partial charge in [-0.2, -0.15) is 12.7 Å². The minimum Gasteiger partial charge on any atom is -0.495 e. The highest BCUT2D eigenvalue weighted by Gasteiger charge is 2.28. The van der Waals surface area contributed by atoms with Crippen molar-refractivity contribution in [3.05, 3.63) is 35.3 Å². The molecule has 1 aromatic heterocycles. The fourth-order valence-corrected chi connectivity index (χ4v) is 4.52. The van der Waals surface area contributed by atoms with Crippen LogP contribution in [0.15, 0.2) is 29.8 Å². The van der Waals surface area contributed by atoms with E-state index in [1.165, 1.54) is 41.0 Å². The van der Waals surface area contributed by atoms with Gasteiger partial charge in [-0.05, 0) is 18.2 Å². The summed E-state index contributed by atoms with van der Waals surface area (Å²) in [5.74, 6) is -0.967. The first-order valence-corrected chi connectivity index (χ1v) is 10.1. The van der Waals surface area contributed by atoms with Gasteiger partial charge in [0.1, 0.15) is 5.75 Å². The van der Waals surface area contributed by atoms with Crippen LogP contribution in [0.4, 0.5) is 10.8 Å². The molecule has 0 amide bonds. The van der Waals surface area contributed by atoms with E-state index in [0.717, 1.165) is 5.13 Å². The smallest absolute Gasteiger partial charge is 0.335 e. The van der Waals surface area contributed by atoms with E-state index in [9.17, 15) is 13.2 Å². The summed E-state index contributed by atoms with van der Waals surface area (Å²) in [5, 5.41) is 11.8. The number of aromatic nitrogens is 1. The van der Waals surface area contributed by atoms with Crippen LogP contribution in [-0.4, -0.2) is 62.1 Å². The number of benzene rings is 1. The molecule has 9 nitrogen and oxygen atoms in total. The Morgan fingerprint density at radius 1 is 1.31 bits per heavy atom. The number of piperazine rings is 1. The summed E-state index contributed by atoms with van der Waals surface area (Å²) in [4.78, 5) is 17.3. The second-order valence-corrected chi connectivity index (χ2v) is 8.07. The van der Waals surface area contributed by atoms with E-state index in [1.807, 2.05) is 10.3 Å². The van der Waals surface area contributed by atoms with Crippen LogP contribution < -0.4 is 14.4 Å². The third-order valence-corrected chi connectivity index (χ3v) is 6.31. The van der Waals surface area contributed by atoms with Gasteiger partial charge < -0.3 is 14.7 Å². The van der Waals surface area contributed by atoms with E-state index in [0.29, 0.717) is 26.2 Å². The molecule has 0 spiro atoms. The molecule has 0 unspecified atom stereocenters. The molecule has 0 atom stereocenters. The first-order valence-electron chi connectivity index (χ1n) is 7.74. The molecule has 2 aromatic rings. The van der Waals surface area contributed by atoms with Crippen LogP contribution in [0.1, 0.15) is 10.4 Å². The Kier molecular flexibility index (Phi) is 5.30. The number of thiazole rings is 1. The standard InChI is InChI=1S/C15H18N4O5S2/c1-24-13-10-11(14(20)21)2-3-12(13)17-26(22,23)19-7-5-18(6-8-19)15-16-4-9-25-15/h2-4,9-10,17H,5-8H2,1H3,(H,20,21). The third-order valence-electron chi connectivity index (χ3n) is 3.96. The van der Waals surface area contributed by atoms with Gasteiger partial charge in [-0.3, -0.25) is 4.72 Å². The van der Waals surface area contributed by atoms with Crippen molar-refractivity contribution >= 4 is 38.3 Å². The zero-order valence-electron chi connectivity index (χ0n) is 14.0. The van der Waals surface area contributed by atoms with Crippen molar-refractivity contribution in [2.75, 3.05) is 42.9 Å². The van der Waals surface area contributed by atoms with Crippen molar-refractivity contribution < 1.29 is 23.1 Å². The highest BCUT2D eigenvalue weighted by Crippen LogP contribution is 2.28. The summed E-state index contributed by atoms with van der Waals surface area (Å²) in [5.41, 5.74) is 0.210. The molecule has 11 heteroatoms. The maximum atomic E-state index is 12.6. The molecule has 2 N–H and O–H groups in total. The summed E-state index contributed by atoms with van der Waals surface area (Å²) in [6, 6.07) is 3.98. The average molecular weight is 398 g/mol. The van der Waals surface area contributed by atoms with Gasteiger partial charge in [-0.25, -0.2) is 9.78 Å². The second kappa shape index (κ2) is 7.48. The number of nitrogens with one attached hydrogen (secondary N) is 1. The lowest BCUT2D eigenvalue weighted by Gasteiger charge is -2.33. The van der Waals surface area contributed by atoms with Gasteiger partial charge in [0, 0.05) is 37.8 Å². The number of anilines is 2. The SMILES string of the molecule is COc1cc(C(=O)O)ccc1NS(=O)(=O)N1CCN(c2nccs2)CC1. The summed E-state index contributed by atoms with van der Waals surface area (Å²) < 4.78 is 34.2. The average Bonchev–Trinajstić information content (AvgIpc) is 3.16. The van der Waals surface area contributed by atoms with E-state index in [4.69, 9.17) is 9.84 Å². The van der Waals surface area contributed by atoms with E-state index in [1.54, 1.807) is 6.20 Å². The third kappa shape index (κ3) is 3.89.